The Morgan fingerprint density at radius 1 is 1.15 bits per heavy atom. The van der Waals surface area contributed by atoms with Crippen molar-refractivity contribution < 1.29 is 19.1 Å². The molecule has 1 aromatic heterocycles. The maximum atomic E-state index is 13.5. The Bertz CT molecular complexity index is 933. The summed E-state index contributed by atoms with van der Waals surface area (Å²) in [5.74, 6) is 1.36. The molecule has 0 saturated carbocycles. The van der Waals surface area contributed by atoms with Crippen LogP contribution in [0.5, 0.6) is 11.5 Å². The number of alkyl halides is 1. The summed E-state index contributed by atoms with van der Waals surface area (Å²) in [5, 5.41) is 2.00. The van der Waals surface area contributed by atoms with E-state index >= 15 is 0 Å². The van der Waals surface area contributed by atoms with Crippen molar-refractivity contribution in [3.63, 3.8) is 0 Å². The van der Waals surface area contributed by atoms with Crippen LogP contribution < -0.4 is 9.47 Å². The molecule has 0 spiro atoms. The third-order valence-corrected chi connectivity index (χ3v) is 7.53. The van der Waals surface area contributed by atoms with E-state index in [-0.39, 0.29) is 30.3 Å². The molecule has 2 rings (SSSR count). The van der Waals surface area contributed by atoms with Crippen molar-refractivity contribution in [3.8, 4) is 11.5 Å². The fourth-order valence-corrected chi connectivity index (χ4v) is 4.36. The smallest absolute Gasteiger partial charge is 0.242 e. The first-order valence-corrected chi connectivity index (χ1v) is 13.0. The highest BCUT2D eigenvalue weighted by Crippen LogP contribution is 2.28. The van der Waals surface area contributed by atoms with E-state index in [1.165, 1.54) is 0 Å². The molecule has 1 heterocycles. The molecule has 1 aromatic carbocycles. The van der Waals surface area contributed by atoms with Crippen LogP contribution in [0.2, 0.25) is 0 Å². The topological polar surface area (TPSA) is 59.1 Å². The first kappa shape index (κ1) is 28.0. The van der Waals surface area contributed by atoms with E-state index in [0.717, 1.165) is 16.9 Å². The van der Waals surface area contributed by atoms with Crippen LogP contribution >= 0.6 is 22.9 Å². The van der Waals surface area contributed by atoms with Crippen LogP contribution in [-0.2, 0) is 22.6 Å². The second kappa shape index (κ2) is 13.0. The number of carbonyl (C=O) groups excluding carboxylic acids is 2. The van der Waals surface area contributed by atoms with E-state index in [1.807, 2.05) is 68.3 Å². The predicted molar refractivity (Wildman–Crippen MR) is 139 cm³/mol. The maximum Gasteiger partial charge on any atom is 0.242 e. The monoisotopic (exact) mass is 508 g/mol. The number of halogens is 1. The van der Waals surface area contributed by atoms with Gasteiger partial charge in [0.2, 0.25) is 11.8 Å². The summed E-state index contributed by atoms with van der Waals surface area (Å²) < 4.78 is 10.7. The number of thiophene rings is 1. The molecule has 0 fully saturated rings. The summed E-state index contributed by atoms with van der Waals surface area (Å²) >= 11 is 7.69. The summed E-state index contributed by atoms with van der Waals surface area (Å²) in [5.41, 5.74) is 0.309. The minimum absolute atomic E-state index is 0.0332. The number of benzene rings is 1. The Hall–Kier alpha value is -2.25. The van der Waals surface area contributed by atoms with Gasteiger partial charge in [-0.15, -0.1) is 22.9 Å². The van der Waals surface area contributed by atoms with E-state index in [4.69, 9.17) is 21.1 Å². The second-order valence-electron chi connectivity index (χ2n) is 9.04. The third-order valence-electron chi connectivity index (χ3n) is 6.00. The number of carbonyl (C=O) groups is 2. The van der Waals surface area contributed by atoms with E-state index in [9.17, 15) is 9.59 Å². The van der Waals surface area contributed by atoms with Crippen molar-refractivity contribution in [3.05, 3.63) is 46.2 Å². The third kappa shape index (κ3) is 7.37. The standard InChI is InChI=1S/C26H37ClN2O4S/c1-7-19(2)29(25(31)26(3,4)18-27)17-24(30)28(16-21-9-8-14-34-21)13-12-20-10-11-22(32-5)23(15-20)33-6/h8-11,14-15,19H,7,12-13,16-18H2,1-6H3. The molecule has 0 aliphatic rings. The zero-order valence-electron chi connectivity index (χ0n) is 21.1. The van der Waals surface area contributed by atoms with Crippen LogP contribution in [0.3, 0.4) is 0 Å². The van der Waals surface area contributed by atoms with Gasteiger partial charge in [-0.1, -0.05) is 19.1 Å². The molecule has 0 saturated heterocycles. The molecule has 0 aliphatic carbocycles. The number of hydrogen-bond donors (Lipinski definition) is 0. The molecule has 6 nitrogen and oxygen atoms in total. The molecule has 2 aromatic rings. The van der Waals surface area contributed by atoms with Crippen LogP contribution in [-0.4, -0.2) is 60.8 Å². The lowest BCUT2D eigenvalue weighted by atomic mass is 9.93. The molecule has 34 heavy (non-hydrogen) atoms. The van der Waals surface area contributed by atoms with Gasteiger partial charge in [0.05, 0.1) is 26.2 Å². The van der Waals surface area contributed by atoms with Crippen LogP contribution in [0, 0.1) is 5.41 Å². The molecule has 1 unspecified atom stereocenters. The maximum absolute atomic E-state index is 13.5. The molecular formula is C26H37ClN2O4S. The minimum atomic E-state index is -0.733. The lowest BCUT2D eigenvalue weighted by Crippen LogP contribution is -2.51. The fraction of sp³-hybridized carbons (Fsp3) is 0.538. The molecular weight excluding hydrogens is 472 g/mol. The van der Waals surface area contributed by atoms with Crippen LogP contribution in [0.1, 0.15) is 44.6 Å². The highest BCUT2D eigenvalue weighted by molar-refractivity contribution is 7.09. The van der Waals surface area contributed by atoms with Crippen LogP contribution in [0.15, 0.2) is 35.7 Å². The van der Waals surface area contributed by atoms with Gasteiger partial charge >= 0.3 is 0 Å². The average molecular weight is 509 g/mol. The number of rotatable bonds is 13. The molecule has 0 aliphatic heterocycles. The highest BCUT2D eigenvalue weighted by Gasteiger charge is 2.35. The van der Waals surface area contributed by atoms with Crippen molar-refractivity contribution in [1.29, 1.82) is 0 Å². The van der Waals surface area contributed by atoms with E-state index in [2.05, 4.69) is 0 Å². The largest absolute Gasteiger partial charge is 0.493 e. The van der Waals surface area contributed by atoms with Gasteiger partial charge in [0.15, 0.2) is 11.5 Å². The van der Waals surface area contributed by atoms with Crippen molar-refractivity contribution in [1.82, 2.24) is 9.80 Å². The van der Waals surface area contributed by atoms with E-state index < -0.39 is 5.41 Å². The molecule has 8 heteroatoms. The highest BCUT2D eigenvalue weighted by atomic mass is 35.5. The molecule has 188 valence electrons. The molecule has 0 N–H and O–H groups in total. The van der Waals surface area contributed by atoms with Gasteiger partial charge in [-0.2, -0.15) is 0 Å². The fourth-order valence-electron chi connectivity index (χ4n) is 3.52. The minimum Gasteiger partial charge on any atom is -0.493 e. The predicted octanol–water partition coefficient (Wildman–Crippen LogP) is 5.23. The summed E-state index contributed by atoms with van der Waals surface area (Å²) in [6.45, 7) is 8.70. The SMILES string of the molecule is CCC(C)N(CC(=O)N(CCc1ccc(OC)c(OC)c1)Cc1cccs1)C(=O)C(C)(C)CCl. The van der Waals surface area contributed by atoms with Crippen molar-refractivity contribution in [2.45, 2.75) is 53.1 Å². The lowest BCUT2D eigenvalue weighted by molar-refractivity contribution is -0.147. The summed E-state index contributed by atoms with van der Waals surface area (Å²) in [6, 6.07) is 9.73. The number of ether oxygens (including phenoxy) is 2. The quantitative estimate of drug-likeness (QED) is 0.348. The Morgan fingerprint density at radius 3 is 2.41 bits per heavy atom. The average Bonchev–Trinajstić information content (AvgIpc) is 3.36. The van der Waals surface area contributed by atoms with Gasteiger partial charge in [-0.05, 0) is 62.8 Å². The number of nitrogens with zero attached hydrogens (tertiary/aromatic N) is 2. The second-order valence-corrected chi connectivity index (χ2v) is 10.3. The Kier molecular flexibility index (Phi) is 10.7. The molecule has 0 bridgehead atoms. The van der Waals surface area contributed by atoms with Gasteiger partial charge in [-0.3, -0.25) is 9.59 Å². The zero-order chi connectivity index (χ0) is 25.3. The Labute approximate surface area is 212 Å². The summed E-state index contributed by atoms with van der Waals surface area (Å²) in [4.78, 5) is 31.4. The van der Waals surface area contributed by atoms with Crippen LogP contribution in [0.25, 0.3) is 0 Å². The summed E-state index contributed by atoms with van der Waals surface area (Å²) in [7, 11) is 3.21. The van der Waals surface area contributed by atoms with E-state index in [0.29, 0.717) is 31.0 Å². The van der Waals surface area contributed by atoms with Gasteiger partial charge in [0.1, 0.15) is 6.54 Å². The molecule has 2 amide bonds. The van der Waals surface area contributed by atoms with Crippen molar-refractivity contribution >= 4 is 34.8 Å². The zero-order valence-corrected chi connectivity index (χ0v) is 22.7. The van der Waals surface area contributed by atoms with Crippen molar-refractivity contribution in [2.24, 2.45) is 5.41 Å². The molecule has 1 atom stereocenters. The Morgan fingerprint density at radius 2 is 1.85 bits per heavy atom. The van der Waals surface area contributed by atoms with Crippen LogP contribution in [0.4, 0.5) is 0 Å². The number of methoxy groups -OCH3 is 2. The normalized spacial score (nSPS) is 12.2. The Balaban J connectivity index is 2.23. The van der Waals surface area contributed by atoms with Gasteiger partial charge < -0.3 is 19.3 Å². The van der Waals surface area contributed by atoms with Gasteiger partial charge in [0.25, 0.3) is 0 Å². The van der Waals surface area contributed by atoms with Gasteiger partial charge in [0, 0.05) is 23.3 Å². The number of hydrogen-bond acceptors (Lipinski definition) is 5. The first-order chi connectivity index (χ1) is 16.2. The lowest BCUT2D eigenvalue weighted by Gasteiger charge is -2.36. The molecule has 0 radical (unpaired) electrons. The van der Waals surface area contributed by atoms with Crippen molar-refractivity contribution in [2.75, 3.05) is 33.2 Å². The van der Waals surface area contributed by atoms with E-state index in [1.54, 1.807) is 30.5 Å². The van der Waals surface area contributed by atoms with Gasteiger partial charge in [-0.25, -0.2) is 0 Å². The number of amides is 2. The first-order valence-electron chi connectivity index (χ1n) is 11.5. The summed E-state index contributed by atoms with van der Waals surface area (Å²) in [6.07, 6.45) is 1.41.